The van der Waals surface area contributed by atoms with Crippen molar-refractivity contribution in [3.8, 4) is 16.9 Å². The van der Waals surface area contributed by atoms with E-state index in [2.05, 4.69) is 9.88 Å². The first-order valence-corrected chi connectivity index (χ1v) is 13.6. The van der Waals surface area contributed by atoms with E-state index >= 15 is 0 Å². The predicted octanol–water partition coefficient (Wildman–Crippen LogP) is 1.83. The molecule has 10 nitrogen and oxygen atoms in total. The van der Waals surface area contributed by atoms with E-state index in [0.29, 0.717) is 61.9 Å². The maximum Gasteiger partial charge on any atom is 0.261 e. The van der Waals surface area contributed by atoms with Gasteiger partial charge >= 0.3 is 0 Å². The molecule has 0 aliphatic carbocycles. The summed E-state index contributed by atoms with van der Waals surface area (Å²) in [5.41, 5.74) is 1.90. The summed E-state index contributed by atoms with van der Waals surface area (Å²) in [5.74, 6) is 1.27. The highest BCUT2D eigenvalue weighted by atomic mass is 32.2. The van der Waals surface area contributed by atoms with Crippen LogP contribution in [0.5, 0.6) is 5.75 Å². The molecule has 3 aromatic rings. The Kier molecular flexibility index (Phi) is 6.43. The maximum atomic E-state index is 13.0. The summed E-state index contributed by atoms with van der Waals surface area (Å²) in [6.45, 7) is 5.12. The summed E-state index contributed by atoms with van der Waals surface area (Å²) in [7, 11) is -1.50. The molecule has 0 radical (unpaired) electrons. The highest BCUT2D eigenvalue weighted by Gasteiger charge is 2.30. The molecule has 2 saturated heterocycles. The lowest BCUT2D eigenvalue weighted by Gasteiger charge is -2.38. The molecule has 35 heavy (non-hydrogen) atoms. The Hall–Kier alpha value is -2.73. The Bertz CT molecular complexity index is 1390. The number of ether oxygens (including phenoxy) is 2. The number of nitrogens with zero attached hydrogens (tertiary/aromatic N) is 4. The number of aromatic nitrogens is 2. The molecule has 0 N–H and O–H groups in total. The number of pyridine rings is 2. The first-order chi connectivity index (χ1) is 16.7. The molecule has 188 valence electrons. The number of hydrogen-bond acceptors (Lipinski definition) is 8. The number of hydrogen-bond donors (Lipinski definition) is 0. The Morgan fingerprint density at radius 2 is 2.09 bits per heavy atom. The Morgan fingerprint density at radius 1 is 1.26 bits per heavy atom. The highest BCUT2D eigenvalue weighted by Crippen LogP contribution is 2.36. The Morgan fingerprint density at radius 3 is 2.80 bits per heavy atom. The van der Waals surface area contributed by atoms with Crippen LogP contribution in [-0.4, -0.2) is 78.4 Å². The third kappa shape index (κ3) is 4.86. The highest BCUT2D eigenvalue weighted by molar-refractivity contribution is 7.88. The number of aryl methyl sites for hydroxylation is 1. The molecule has 2 fully saturated rings. The molecular weight excluding hydrogens is 472 g/mol. The number of fused-ring (bicyclic) bond motifs is 1. The van der Waals surface area contributed by atoms with Gasteiger partial charge in [-0.3, -0.25) is 14.7 Å². The Balaban J connectivity index is 1.48. The molecule has 5 rings (SSSR count). The lowest BCUT2D eigenvalue weighted by Crippen LogP contribution is -2.52. The molecule has 0 amide bonds. The van der Waals surface area contributed by atoms with E-state index in [1.54, 1.807) is 36.3 Å². The smallest absolute Gasteiger partial charge is 0.261 e. The second-order valence-corrected chi connectivity index (χ2v) is 11.3. The zero-order chi connectivity index (χ0) is 24.7. The lowest BCUT2D eigenvalue weighted by atomic mass is 10.1. The molecule has 11 heteroatoms. The summed E-state index contributed by atoms with van der Waals surface area (Å²) in [6.07, 6.45) is 7.14. The van der Waals surface area contributed by atoms with Gasteiger partial charge in [0.25, 0.3) is 5.56 Å². The first-order valence-electron chi connectivity index (χ1n) is 11.7. The van der Waals surface area contributed by atoms with Crippen molar-refractivity contribution in [2.45, 2.75) is 32.0 Å². The van der Waals surface area contributed by atoms with Crippen molar-refractivity contribution in [3.63, 3.8) is 0 Å². The van der Waals surface area contributed by atoms with E-state index in [0.717, 1.165) is 17.5 Å². The second kappa shape index (κ2) is 9.38. The topological polar surface area (TPSA) is 107 Å². The number of piperazine rings is 1. The predicted molar refractivity (Wildman–Crippen MR) is 131 cm³/mol. The van der Waals surface area contributed by atoms with Crippen LogP contribution in [0.25, 0.3) is 22.1 Å². The Labute approximate surface area is 204 Å². The van der Waals surface area contributed by atoms with E-state index in [1.165, 1.54) is 10.6 Å². The molecule has 0 saturated carbocycles. The van der Waals surface area contributed by atoms with E-state index in [1.807, 2.05) is 13.0 Å². The summed E-state index contributed by atoms with van der Waals surface area (Å²) >= 11 is 0. The van der Waals surface area contributed by atoms with Crippen LogP contribution in [0.15, 0.2) is 39.9 Å². The molecule has 0 unspecified atom stereocenters. The summed E-state index contributed by atoms with van der Waals surface area (Å²) in [4.78, 5) is 19.4. The standard InChI is InChI=1S/C24H30N4O6S/c1-16-12-28(35(3,30)31)8-7-27(16)13-18-10-20-23(34-18)21(14-26(2)24(20)29)19-4-6-25-11-22(19)33-17-5-9-32-15-17/h4,6,10-11,14,16-17H,5,7-9,12-13,15H2,1-3H3/t16-,17+/m1/s1. The van der Waals surface area contributed by atoms with Gasteiger partial charge in [0.2, 0.25) is 10.0 Å². The van der Waals surface area contributed by atoms with Gasteiger partial charge in [-0.05, 0) is 19.1 Å². The van der Waals surface area contributed by atoms with Crippen LogP contribution in [0, 0.1) is 0 Å². The van der Waals surface area contributed by atoms with E-state index < -0.39 is 10.0 Å². The van der Waals surface area contributed by atoms with Crippen LogP contribution in [-0.2, 0) is 28.4 Å². The molecular formula is C24H30N4O6S. The van der Waals surface area contributed by atoms with Crippen LogP contribution in [0.3, 0.4) is 0 Å². The van der Waals surface area contributed by atoms with Gasteiger partial charge in [-0.25, -0.2) is 8.42 Å². The third-order valence-corrected chi connectivity index (χ3v) is 7.98. The van der Waals surface area contributed by atoms with Gasteiger partial charge in [0.05, 0.1) is 37.6 Å². The van der Waals surface area contributed by atoms with Gasteiger partial charge in [-0.15, -0.1) is 0 Å². The van der Waals surface area contributed by atoms with Crippen LogP contribution < -0.4 is 10.3 Å². The van der Waals surface area contributed by atoms with Crippen molar-refractivity contribution in [3.05, 3.63) is 46.8 Å². The summed E-state index contributed by atoms with van der Waals surface area (Å²) < 4.78 is 44.8. The van der Waals surface area contributed by atoms with Crippen molar-refractivity contribution in [2.24, 2.45) is 7.05 Å². The minimum absolute atomic E-state index is 0.0165. The third-order valence-electron chi connectivity index (χ3n) is 6.71. The van der Waals surface area contributed by atoms with Crippen molar-refractivity contribution in [1.29, 1.82) is 0 Å². The zero-order valence-electron chi connectivity index (χ0n) is 20.1. The minimum atomic E-state index is -3.22. The van der Waals surface area contributed by atoms with Crippen molar-refractivity contribution in [1.82, 2.24) is 18.8 Å². The van der Waals surface area contributed by atoms with Crippen LogP contribution in [0.4, 0.5) is 0 Å². The van der Waals surface area contributed by atoms with Gasteiger partial charge in [-0.1, -0.05) is 0 Å². The molecule has 5 heterocycles. The number of sulfonamides is 1. The normalized spacial score (nSPS) is 22.1. The molecule has 3 aromatic heterocycles. The largest absolute Gasteiger partial charge is 0.486 e. The van der Waals surface area contributed by atoms with Gasteiger partial charge in [-0.2, -0.15) is 4.31 Å². The average Bonchev–Trinajstić information content (AvgIpc) is 3.48. The van der Waals surface area contributed by atoms with Crippen LogP contribution >= 0.6 is 0 Å². The number of furan rings is 1. The molecule has 0 bridgehead atoms. The molecule has 2 aliphatic rings. The van der Waals surface area contributed by atoms with Crippen LogP contribution in [0.1, 0.15) is 19.1 Å². The number of rotatable bonds is 6. The quantitative estimate of drug-likeness (QED) is 0.503. The van der Waals surface area contributed by atoms with Crippen molar-refractivity contribution >= 4 is 21.0 Å². The minimum Gasteiger partial charge on any atom is -0.486 e. The van der Waals surface area contributed by atoms with Crippen molar-refractivity contribution in [2.75, 3.05) is 39.1 Å². The second-order valence-electron chi connectivity index (χ2n) is 9.33. The zero-order valence-corrected chi connectivity index (χ0v) is 21.0. The molecule has 2 atom stereocenters. The van der Waals surface area contributed by atoms with Gasteiger partial charge in [0, 0.05) is 62.7 Å². The van der Waals surface area contributed by atoms with Gasteiger partial charge in [0.15, 0.2) is 0 Å². The monoisotopic (exact) mass is 502 g/mol. The fourth-order valence-electron chi connectivity index (χ4n) is 4.75. The molecule has 2 aliphatic heterocycles. The van der Waals surface area contributed by atoms with E-state index in [9.17, 15) is 13.2 Å². The maximum absolute atomic E-state index is 13.0. The summed E-state index contributed by atoms with van der Waals surface area (Å²) in [6, 6.07) is 3.67. The van der Waals surface area contributed by atoms with E-state index in [4.69, 9.17) is 13.9 Å². The fraction of sp³-hybridized carbons (Fsp3) is 0.500. The fourth-order valence-corrected chi connectivity index (χ4v) is 5.65. The lowest BCUT2D eigenvalue weighted by molar-refractivity contribution is 0.115. The molecule has 0 aromatic carbocycles. The summed E-state index contributed by atoms with van der Waals surface area (Å²) in [5, 5.41) is 0.495. The molecule has 0 spiro atoms. The van der Waals surface area contributed by atoms with Gasteiger partial charge < -0.3 is 18.5 Å². The first kappa shape index (κ1) is 24.0. The van der Waals surface area contributed by atoms with Crippen molar-refractivity contribution < 1.29 is 22.3 Å². The van der Waals surface area contributed by atoms with Gasteiger partial charge in [0.1, 0.15) is 23.2 Å². The van der Waals surface area contributed by atoms with E-state index in [-0.39, 0.29) is 17.7 Å². The average molecular weight is 503 g/mol. The van der Waals surface area contributed by atoms with Crippen LogP contribution in [0.2, 0.25) is 0 Å². The SMILES string of the molecule is C[C@@H]1CN(S(C)(=O)=O)CCN1Cc1cc2c(=O)n(C)cc(-c3ccncc3O[C@H]3CCOC3)c2o1.